The minimum Gasteiger partial charge on any atom is -0.355 e. The lowest BCUT2D eigenvalue weighted by Crippen LogP contribution is -2.50. The van der Waals surface area contributed by atoms with Crippen LogP contribution in [0.25, 0.3) is 0 Å². The van der Waals surface area contributed by atoms with Crippen molar-refractivity contribution >= 4 is 5.97 Å². The van der Waals surface area contributed by atoms with Crippen LogP contribution in [0.1, 0.15) is 5.56 Å². The van der Waals surface area contributed by atoms with Gasteiger partial charge in [-0.1, -0.05) is 30.3 Å². The predicted molar refractivity (Wildman–Crippen MR) is 46.9 cm³/mol. The Balaban J connectivity index is 3.42. The molecule has 1 radical (unpaired) electrons. The Morgan fingerprint density at radius 1 is 1.19 bits per heavy atom. The molecule has 0 saturated carbocycles. The number of alkyl halides is 3. The summed E-state index contributed by atoms with van der Waals surface area (Å²) < 4.78 is 42.5. The highest BCUT2D eigenvalue weighted by atomic mass is 19.4. The Hall–Kier alpha value is -1.56. The van der Waals surface area contributed by atoms with Gasteiger partial charge in [0.1, 0.15) is 0 Å². The molecule has 3 nitrogen and oxygen atoms in total. The summed E-state index contributed by atoms with van der Waals surface area (Å²) >= 11 is 0. The highest BCUT2D eigenvalue weighted by Gasteiger charge is 2.64. The van der Waals surface area contributed by atoms with Crippen LogP contribution in [0.4, 0.5) is 13.2 Å². The van der Waals surface area contributed by atoms with E-state index in [4.69, 9.17) is 0 Å². The number of rotatable bonds is 3. The molecule has 0 aromatic heterocycles. The first-order valence-electron chi connectivity index (χ1n) is 4.25. The van der Waals surface area contributed by atoms with Gasteiger partial charge in [0.05, 0.1) is 0 Å². The van der Waals surface area contributed by atoms with Gasteiger partial charge in [0.2, 0.25) is 0 Å². The molecular formula is C10H8F3O3. The van der Waals surface area contributed by atoms with Crippen LogP contribution >= 0.6 is 0 Å². The largest absolute Gasteiger partial charge is 0.432 e. The molecule has 1 aromatic rings. The van der Waals surface area contributed by atoms with E-state index in [1.165, 1.54) is 18.2 Å². The van der Waals surface area contributed by atoms with Gasteiger partial charge in [-0.2, -0.15) is 13.2 Å². The van der Waals surface area contributed by atoms with E-state index in [9.17, 15) is 23.1 Å². The molecule has 0 bridgehead atoms. The van der Waals surface area contributed by atoms with Crippen molar-refractivity contribution in [3.8, 4) is 0 Å². The van der Waals surface area contributed by atoms with Gasteiger partial charge in [-0.3, -0.25) is 0 Å². The topological polar surface area (TPSA) is 46.2 Å². The molecular weight excluding hydrogens is 225 g/mol. The van der Waals surface area contributed by atoms with E-state index >= 15 is 0 Å². The van der Waals surface area contributed by atoms with Crippen molar-refractivity contribution in [3.05, 3.63) is 35.9 Å². The van der Waals surface area contributed by atoms with Crippen LogP contribution < -0.4 is 0 Å². The van der Waals surface area contributed by atoms with E-state index < -0.39 is 23.3 Å². The number of hydrogen-bond acceptors (Lipinski definition) is 2. The van der Waals surface area contributed by atoms with Crippen LogP contribution in [0.15, 0.2) is 30.3 Å². The third-order valence-corrected chi connectivity index (χ3v) is 2.17. The van der Waals surface area contributed by atoms with Gasteiger partial charge in [0.15, 0.2) is 0 Å². The molecule has 0 heterocycles. The third kappa shape index (κ3) is 1.76. The van der Waals surface area contributed by atoms with Crippen molar-refractivity contribution in [1.29, 1.82) is 0 Å². The van der Waals surface area contributed by atoms with E-state index in [2.05, 4.69) is 4.74 Å². The summed E-state index contributed by atoms with van der Waals surface area (Å²) in [6.45, 7) is 0. The van der Waals surface area contributed by atoms with Crippen LogP contribution in [-0.2, 0) is 20.2 Å². The summed E-state index contributed by atoms with van der Waals surface area (Å²) in [6, 6.07) is 6.09. The van der Waals surface area contributed by atoms with Crippen molar-refractivity contribution in [1.82, 2.24) is 0 Å². The Morgan fingerprint density at radius 3 is 2.00 bits per heavy atom. The number of hydrogen-bond donors (Lipinski definition) is 0. The molecule has 1 unspecified atom stereocenters. The van der Waals surface area contributed by atoms with Crippen LogP contribution in [0.3, 0.4) is 0 Å². The van der Waals surface area contributed by atoms with Crippen LogP contribution in [-0.4, -0.2) is 19.3 Å². The molecule has 87 valence electrons. The van der Waals surface area contributed by atoms with E-state index in [-0.39, 0.29) is 0 Å². The average molecular weight is 233 g/mol. The zero-order valence-electron chi connectivity index (χ0n) is 8.25. The second kappa shape index (κ2) is 4.13. The maximum absolute atomic E-state index is 12.8. The third-order valence-electron chi connectivity index (χ3n) is 2.17. The predicted octanol–water partition coefficient (Wildman–Crippen LogP) is 2.05. The summed E-state index contributed by atoms with van der Waals surface area (Å²) in [6.07, 6.45) is -5.10. The van der Waals surface area contributed by atoms with E-state index in [1.54, 1.807) is 0 Å². The molecule has 6 heteroatoms. The number of ether oxygens (including phenoxy) is 1. The van der Waals surface area contributed by atoms with Crippen LogP contribution in [0.2, 0.25) is 0 Å². The second-order valence-corrected chi connectivity index (χ2v) is 3.04. The first-order valence-corrected chi connectivity index (χ1v) is 4.25. The summed E-state index contributed by atoms with van der Waals surface area (Å²) in [5, 5.41) is 10.7. The monoisotopic (exact) mass is 233 g/mol. The molecule has 16 heavy (non-hydrogen) atoms. The zero-order chi connectivity index (χ0) is 12.4. The van der Waals surface area contributed by atoms with Crippen LogP contribution in [0.5, 0.6) is 0 Å². The first-order chi connectivity index (χ1) is 7.36. The van der Waals surface area contributed by atoms with Crippen molar-refractivity contribution in [3.63, 3.8) is 0 Å². The fourth-order valence-corrected chi connectivity index (χ4v) is 1.39. The summed E-state index contributed by atoms with van der Waals surface area (Å²) in [5.41, 5.74) is -3.95. The van der Waals surface area contributed by atoms with Gasteiger partial charge in [-0.25, -0.2) is 9.90 Å². The Kier molecular flexibility index (Phi) is 3.23. The summed E-state index contributed by atoms with van der Waals surface area (Å²) in [7, 11) is 0.677. The molecule has 0 aliphatic rings. The summed E-state index contributed by atoms with van der Waals surface area (Å²) in [5.74, 6) is -2.34. The maximum Gasteiger partial charge on any atom is 0.432 e. The number of halogens is 3. The molecule has 0 aliphatic carbocycles. The normalized spacial score (nSPS) is 15.5. The van der Waals surface area contributed by atoms with Crippen molar-refractivity contribution in [2.24, 2.45) is 0 Å². The van der Waals surface area contributed by atoms with E-state index in [0.717, 1.165) is 12.1 Å². The van der Waals surface area contributed by atoms with E-state index in [0.29, 0.717) is 7.11 Å². The number of benzene rings is 1. The highest BCUT2D eigenvalue weighted by molar-refractivity contribution is 5.80. The smallest absolute Gasteiger partial charge is 0.355 e. The van der Waals surface area contributed by atoms with Crippen molar-refractivity contribution < 1.29 is 27.8 Å². The van der Waals surface area contributed by atoms with Gasteiger partial charge in [-0.15, -0.1) is 0 Å². The molecule has 0 aliphatic heterocycles. The van der Waals surface area contributed by atoms with E-state index in [1.807, 2.05) is 0 Å². The number of methoxy groups -OCH3 is 1. The molecule has 0 spiro atoms. The minimum atomic E-state index is -5.10. The maximum atomic E-state index is 12.8. The fourth-order valence-electron chi connectivity index (χ4n) is 1.39. The first kappa shape index (κ1) is 12.5. The SMILES string of the molecule is COC(C([O])=O)(c1ccccc1)C(F)(F)F. The lowest BCUT2D eigenvalue weighted by Gasteiger charge is -2.29. The molecule has 1 rings (SSSR count). The lowest BCUT2D eigenvalue weighted by atomic mass is 9.93. The van der Waals surface area contributed by atoms with Crippen molar-refractivity contribution in [2.75, 3.05) is 7.11 Å². The number of carbonyl (C=O) groups is 1. The molecule has 0 N–H and O–H groups in total. The Labute approximate surface area is 89.5 Å². The molecule has 1 atom stereocenters. The fraction of sp³-hybridized carbons (Fsp3) is 0.300. The molecule has 0 saturated heterocycles. The second-order valence-electron chi connectivity index (χ2n) is 3.04. The van der Waals surface area contributed by atoms with Gasteiger partial charge in [0.25, 0.3) is 5.60 Å². The Bertz CT molecular complexity index is 375. The summed E-state index contributed by atoms with van der Waals surface area (Å²) in [4.78, 5) is 10.7. The molecule has 0 fully saturated rings. The quantitative estimate of drug-likeness (QED) is 0.802. The number of carbonyl (C=O) groups excluding carboxylic acids is 1. The zero-order valence-corrected chi connectivity index (χ0v) is 8.25. The molecule has 1 aromatic carbocycles. The van der Waals surface area contributed by atoms with Crippen LogP contribution in [0, 0.1) is 0 Å². The lowest BCUT2D eigenvalue weighted by molar-refractivity contribution is -0.276. The van der Waals surface area contributed by atoms with Gasteiger partial charge >= 0.3 is 12.1 Å². The van der Waals surface area contributed by atoms with Gasteiger partial charge in [0, 0.05) is 12.7 Å². The average Bonchev–Trinajstić information content (AvgIpc) is 2.18. The minimum absolute atomic E-state index is 0.523. The highest BCUT2D eigenvalue weighted by Crippen LogP contribution is 2.42. The van der Waals surface area contributed by atoms with Gasteiger partial charge < -0.3 is 4.74 Å². The molecule has 0 amide bonds. The van der Waals surface area contributed by atoms with Gasteiger partial charge in [-0.05, 0) is 0 Å². The standard InChI is InChI=1S/C10H8F3O3/c1-16-9(8(14)15,10(11,12)13)7-5-3-2-4-6-7/h2-6H,1H3. The Morgan fingerprint density at radius 2 is 1.69 bits per heavy atom. The van der Waals surface area contributed by atoms with Crippen molar-refractivity contribution in [2.45, 2.75) is 11.8 Å².